The Balaban J connectivity index is 1.81. The van der Waals surface area contributed by atoms with Gasteiger partial charge >= 0.3 is 6.18 Å². The number of alkyl halides is 3. The lowest BCUT2D eigenvalue weighted by Gasteiger charge is -2.12. The van der Waals surface area contributed by atoms with Crippen molar-refractivity contribution in [3.63, 3.8) is 0 Å². The zero-order valence-corrected chi connectivity index (χ0v) is 14.2. The average Bonchev–Trinajstić information content (AvgIpc) is 2.68. The second-order valence-electron chi connectivity index (χ2n) is 5.72. The first kappa shape index (κ1) is 18.4. The number of hydrogen-bond acceptors (Lipinski definition) is 3. The van der Waals surface area contributed by atoms with Crippen LogP contribution in [0.15, 0.2) is 67.0 Å². The third-order valence-electron chi connectivity index (χ3n) is 3.87. The van der Waals surface area contributed by atoms with Gasteiger partial charge in [0.05, 0.1) is 12.7 Å². The van der Waals surface area contributed by atoms with Crippen LogP contribution in [-0.2, 0) is 6.18 Å². The van der Waals surface area contributed by atoms with Crippen LogP contribution in [0.25, 0.3) is 11.1 Å². The molecule has 1 aromatic heterocycles. The van der Waals surface area contributed by atoms with Gasteiger partial charge in [0.2, 0.25) is 0 Å². The minimum Gasteiger partial charge on any atom is -0.497 e. The van der Waals surface area contributed by atoms with Crippen LogP contribution in [0.4, 0.5) is 18.9 Å². The molecule has 27 heavy (non-hydrogen) atoms. The average molecular weight is 372 g/mol. The minimum atomic E-state index is -4.54. The maximum Gasteiger partial charge on any atom is 0.416 e. The van der Waals surface area contributed by atoms with E-state index < -0.39 is 17.6 Å². The quantitative estimate of drug-likeness (QED) is 0.699. The van der Waals surface area contributed by atoms with Crippen molar-refractivity contribution < 1.29 is 22.7 Å². The van der Waals surface area contributed by atoms with E-state index in [9.17, 15) is 18.0 Å². The molecule has 3 rings (SSSR count). The van der Waals surface area contributed by atoms with Gasteiger partial charge in [0, 0.05) is 29.7 Å². The lowest BCUT2D eigenvalue weighted by Crippen LogP contribution is -2.13. The van der Waals surface area contributed by atoms with Gasteiger partial charge < -0.3 is 10.1 Å². The van der Waals surface area contributed by atoms with Crippen molar-refractivity contribution in [2.75, 3.05) is 12.4 Å². The molecule has 138 valence electrons. The number of methoxy groups -OCH3 is 1. The van der Waals surface area contributed by atoms with Crippen LogP contribution < -0.4 is 10.1 Å². The summed E-state index contributed by atoms with van der Waals surface area (Å²) in [6.07, 6.45) is -1.18. The number of carbonyl (C=O) groups excluding carboxylic acids is 1. The molecule has 2 aromatic carbocycles. The predicted molar refractivity (Wildman–Crippen MR) is 95.6 cm³/mol. The monoisotopic (exact) mass is 372 g/mol. The number of halogens is 3. The summed E-state index contributed by atoms with van der Waals surface area (Å²) in [6.45, 7) is 0. The van der Waals surface area contributed by atoms with Crippen molar-refractivity contribution in [2.45, 2.75) is 6.18 Å². The van der Waals surface area contributed by atoms with E-state index in [-0.39, 0.29) is 11.4 Å². The van der Waals surface area contributed by atoms with Gasteiger partial charge in [-0.15, -0.1) is 0 Å². The molecular weight excluding hydrogens is 357 g/mol. The van der Waals surface area contributed by atoms with Crippen LogP contribution in [0.5, 0.6) is 5.75 Å². The molecule has 0 unspecified atom stereocenters. The number of pyridine rings is 1. The molecule has 7 heteroatoms. The van der Waals surface area contributed by atoms with E-state index >= 15 is 0 Å². The van der Waals surface area contributed by atoms with Crippen molar-refractivity contribution in [1.82, 2.24) is 4.98 Å². The molecular formula is C20H15F3N2O2. The second-order valence-corrected chi connectivity index (χ2v) is 5.72. The molecule has 0 aliphatic carbocycles. The maximum absolute atomic E-state index is 13.0. The first-order chi connectivity index (χ1) is 12.9. The molecule has 1 heterocycles. The van der Waals surface area contributed by atoms with E-state index in [4.69, 9.17) is 4.74 Å². The normalized spacial score (nSPS) is 11.1. The molecule has 1 amide bonds. The highest BCUT2D eigenvalue weighted by Crippen LogP contribution is 2.34. The number of rotatable bonds is 4. The van der Waals surface area contributed by atoms with Gasteiger partial charge in [-0.2, -0.15) is 13.2 Å². The molecule has 0 bridgehead atoms. The predicted octanol–water partition coefficient (Wildman–Crippen LogP) is 5.03. The van der Waals surface area contributed by atoms with Crippen molar-refractivity contribution >= 4 is 11.6 Å². The number of amides is 1. The van der Waals surface area contributed by atoms with Gasteiger partial charge in [0.25, 0.3) is 5.91 Å². The van der Waals surface area contributed by atoms with Gasteiger partial charge in [0.15, 0.2) is 0 Å². The Bertz CT molecular complexity index is 940. The summed E-state index contributed by atoms with van der Waals surface area (Å²) in [5, 5.41) is 2.47. The number of nitrogens with zero attached hydrogens (tertiary/aromatic N) is 1. The fraction of sp³-hybridized carbons (Fsp3) is 0.100. The number of anilines is 1. The Kier molecular flexibility index (Phi) is 5.12. The molecule has 0 saturated carbocycles. The molecule has 1 N–H and O–H groups in total. The van der Waals surface area contributed by atoms with Gasteiger partial charge in [0.1, 0.15) is 5.75 Å². The Morgan fingerprint density at radius 2 is 1.78 bits per heavy atom. The van der Waals surface area contributed by atoms with E-state index in [0.29, 0.717) is 5.56 Å². The minimum absolute atomic E-state index is 0.00279. The van der Waals surface area contributed by atoms with Crippen LogP contribution in [0.2, 0.25) is 0 Å². The third kappa shape index (κ3) is 4.44. The Morgan fingerprint density at radius 1 is 1.04 bits per heavy atom. The number of hydrogen-bond donors (Lipinski definition) is 1. The summed E-state index contributed by atoms with van der Waals surface area (Å²) >= 11 is 0. The highest BCUT2D eigenvalue weighted by molar-refractivity contribution is 6.04. The van der Waals surface area contributed by atoms with Crippen molar-refractivity contribution in [3.8, 4) is 16.9 Å². The van der Waals surface area contributed by atoms with E-state index in [1.165, 1.54) is 13.2 Å². The van der Waals surface area contributed by atoms with Gasteiger partial charge in [-0.05, 0) is 41.5 Å². The summed E-state index contributed by atoms with van der Waals surface area (Å²) in [6, 6.07) is 13.5. The van der Waals surface area contributed by atoms with Crippen molar-refractivity contribution in [3.05, 3.63) is 78.1 Å². The van der Waals surface area contributed by atoms with Crippen LogP contribution in [0.3, 0.4) is 0 Å². The first-order valence-electron chi connectivity index (χ1n) is 7.95. The smallest absolute Gasteiger partial charge is 0.416 e. The summed E-state index contributed by atoms with van der Waals surface area (Å²) in [7, 11) is 1.26. The lowest BCUT2D eigenvalue weighted by atomic mass is 10.1. The number of aromatic nitrogens is 1. The zero-order valence-electron chi connectivity index (χ0n) is 14.2. The molecule has 0 spiro atoms. The molecule has 0 saturated heterocycles. The van der Waals surface area contributed by atoms with Crippen molar-refractivity contribution in [2.24, 2.45) is 0 Å². The second kappa shape index (κ2) is 7.49. The summed E-state index contributed by atoms with van der Waals surface area (Å²) in [5.74, 6) is -0.513. The molecule has 0 aliphatic heterocycles. The van der Waals surface area contributed by atoms with E-state index in [0.717, 1.165) is 23.3 Å². The number of carbonyl (C=O) groups is 1. The third-order valence-corrected chi connectivity index (χ3v) is 3.87. The number of benzene rings is 2. The molecule has 4 nitrogen and oxygen atoms in total. The fourth-order valence-corrected chi connectivity index (χ4v) is 2.50. The lowest BCUT2D eigenvalue weighted by molar-refractivity contribution is -0.137. The van der Waals surface area contributed by atoms with E-state index in [1.54, 1.807) is 42.7 Å². The van der Waals surface area contributed by atoms with Crippen molar-refractivity contribution in [1.29, 1.82) is 0 Å². The Hall–Kier alpha value is -3.35. The SMILES string of the molecule is COc1cc(NC(=O)c2ccc(-c3cccnc3)cc2)cc(C(F)(F)F)c1. The van der Waals surface area contributed by atoms with E-state index in [1.807, 2.05) is 6.07 Å². The van der Waals surface area contributed by atoms with E-state index in [2.05, 4.69) is 10.3 Å². The zero-order chi connectivity index (χ0) is 19.4. The molecule has 0 aliphatic rings. The molecule has 3 aromatic rings. The van der Waals surface area contributed by atoms with Gasteiger partial charge in [-0.3, -0.25) is 9.78 Å². The highest BCUT2D eigenvalue weighted by atomic mass is 19.4. The Labute approximate surface area is 153 Å². The number of nitrogens with one attached hydrogen (secondary N) is 1. The Morgan fingerprint density at radius 3 is 2.37 bits per heavy atom. The largest absolute Gasteiger partial charge is 0.497 e. The van der Waals surface area contributed by atoms with Crippen LogP contribution in [0, 0.1) is 0 Å². The van der Waals surface area contributed by atoms with Crippen LogP contribution in [-0.4, -0.2) is 18.0 Å². The molecule has 0 atom stereocenters. The van der Waals surface area contributed by atoms with Crippen LogP contribution in [0.1, 0.15) is 15.9 Å². The van der Waals surface area contributed by atoms with Gasteiger partial charge in [-0.1, -0.05) is 18.2 Å². The topological polar surface area (TPSA) is 51.2 Å². The molecule has 0 fully saturated rings. The summed E-state index contributed by atoms with van der Waals surface area (Å²) in [5.41, 5.74) is 1.19. The highest BCUT2D eigenvalue weighted by Gasteiger charge is 2.31. The standard InChI is InChI=1S/C20H15F3N2O2/c1-27-18-10-16(20(21,22)23)9-17(11-18)25-19(26)14-6-4-13(5-7-14)15-3-2-8-24-12-15/h2-12H,1H3,(H,25,26). The summed E-state index contributed by atoms with van der Waals surface area (Å²) < 4.78 is 43.8. The molecule has 0 radical (unpaired) electrons. The van der Waals surface area contributed by atoms with Gasteiger partial charge in [-0.25, -0.2) is 0 Å². The summed E-state index contributed by atoms with van der Waals surface area (Å²) in [4.78, 5) is 16.4. The fourth-order valence-electron chi connectivity index (χ4n) is 2.50. The number of ether oxygens (including phenoxy) is 1. The maximum atomic E-state index is 13.0. The van der Waals surface area contributed by atoms with Crippen LogP contribution >= 0.6 is 0 Å². The first-order valence-corrected chi connectivity index (χ1v) is 7.95.